The molecule has 5 heteroatoms. The summed E-state index contributed by atoms with van der Waals surface area (Å²) in [5.41, 5.74) is 1.18. The summed E-state index contributed by atoms with van der Waals surface area (Å²) in [5.74, 6) is -0.122. The number of hydrogen-bond donors (Lipinski definition) is 1. The van der Waals surface area contributed by atoms with E-state index in [1.54, 1.807) is 0 Å². The third-order valence-corrected chi connectivity index (χ3v) is 3.73. The molecule has 102 valence electrons. The average molecular weight is 270 g/mol. The molecular weight excluding hydrogens is 248 g/mol. The Balaban J connectivity index is 2.90. The van der Waals surface area contributed by atoms with Crippen LogP contribution in [0.2, 0.25) is 0 Å². The van der Waals surface area contributed by atoms with Gasteiger partial charge in [0.2, 0.25) is 0 Å². The molecule has 0 aliphatic rings. The van der Waals surface area contributed by atoms with Gasteiger partial charge >= 0.3 is 5.97 Å². The van der Waals surface area contributed by atoms with Gasteiger partial charge in [-0.2, -0.15) is 0 Å². The first kappa shape index (κ1) is 15.1. The number of hydrogen-bond acceptors (Lipinski definition) is 3. The second-order valence-corrected chi connectivity index (χ2v) is 5.86. The van der Waals surface area contributed by atoms with Crippen LogP contribution in [0.25, 0.3) is 0 Å². The van der Waals surface area contributed by atoms with Gasteiger partial charge in [-0.25, -0.2) is 4.98 Å². The fourth-order valence-electron chi connectivity index (χ4n) is 2.13. The van der Waals surface area contributed by atoms with E-state index in [-0.39, 0.29) is 5.75 Å². The molecule has 18 heavy (non-hydrogen) atoms. The van der Waals surface area contributed by atoms with Crippen LogP contribution in [-0.4, -0.2) is 26.4 Å². The number of imidazole rings is 1. The van der Waals surface area contributed by atoms with Crippen molar-refractivity contribution in [3.8, 4) is 0 Å². The summed E-state index contributed by atoms with van der Waals surface area (Å²) in [7, 11) is 0. The number of aryl methyl sites for hydroxylation is 1. The molecule has 0 bridgehead atoms. The molecule has 0 fully saturated rings. The number of carboxylic acid groups (broad SMARTS) is 1. The molecule has 0 spiro atoms. The summed E-state index contributed by atoms with van der Waals surface area (Å²) in [5, 5.41) is 9.58. The molecule has 0 aliphatic carbocycles. The van der Waals surface area contributed by atoms with Crippen molar-refractivity contribution in [2.45, 2.75) is 51.7 Å². The number of aromatic nitrogens is 2. The first-order valence-electron chi connectivity index (χ1n) is 6.36. The summed E-state index contributed by atoms with van der Waals surface area (Å²) in [6.07, 6.45) is 3.86. The maximum absolute atomic E-state index is 10.7. The van der Waals surface area contributed by atoms with E-state index in [0.717, 1.165) is 18.0 Å². The minimum Gasteiger partial charge on any atom is -0.481 e. The summed E-state index contributed by atoms with van der Waals surface area (Å²) in [4.78, 5) is 15.0. The quantitative estimate of drug-likeness (QED) is 0.773. The fourth-order valence-corrected chi connectivity index (χ4v) is 2.95. The van der Waals surface area contributed by atoms with E-state index in [4.69, 9.17) is 5.11 Å². The lowest BCUT2D eigenvalue weighted by Crippen LogP contribution is -2.13. The maximum atomic E-state index is 10.7. The van der Waals surface area contributed by atoms with Crippen molar-refractivity contribution >= 4 is 17.7 Å². The molecule has 1 aromatic rings. The Bertz CT molecular complexity index is 402. The molecular formula is C13H22N2O2S. The molecule has 1 N–H and O–H groups in total. The van der Waals surface area contributed by atoms with Gasteiger partial charge in [0.05, 0.1) is 5.75 Å². The van der Waals surface area contributed by atoms with Crippen LogP contribution in [-0.2, 0) is 11.2 Å². The predicted octanol–water partition coefficient (Wildman–Crippen LogP) is 3.23. The SMILES string of the molecule is CCc1cnc(SCC(=O)O)n1C(C)CC(C)C. The number of nitrogens with zero attached hydrogens (tertiary/aromatic N) is 2. The third-order valence-electron chi connectivity index (χ3n) is 2.78. The molecule has 1 atom stereocenters. The largest absolute Gasteiger partial charge is 0.481 e. The summed E-state index contributed by atoms with van der Waals surface area (Å²) in [6, 6.07) is 0.360. The number of thioether (sulfide) groups is 1. The highest BCUT2D eigenvalue weighted by Gasteiger charge is 2.16. The zero-order valence-corrected chi connectivity index (χ0v) is 12.3. The predicted molar refractivity (Wildman–Crippen MR) is 74.1 cm³/mol. The summed E-state index contributed by atoms with van der Waals surface area (Å²) in [6.45, 7) is 8.67. The normalized spacial score (nSPS) is 12.9. The average Bonchev–Trinajstić information content (AvgIpc) is 2.68. The van der Waals surface area contributed by atoms with Crippen molar-refractivity contribution in [2.24, 2.45) is 5.92 Å². The highest BCUT2D eigenvalue weighted by Crippen LogP contribution is 2.27. The Morgan fingerprint density at radius 1 is 1.50 bits per heavy atom. The van der Waals surface area contributed by atoms with E-state index >= 15 is 0 Å². The van der Waals surface area contributed by atoms with E-state index < -0.39 is 5.97 Å². The van der Waals surface area contributed by atoms with Crippen LogP contribution in [0.3, 0.4) is 0 Å². The molecule has 0 aromatic carbocycles. The van der Waals surface area contributed by atoms with Crippen molar-refractivity contribution in [3.63, 3.8) is 0 Å². The first-order valence-corrected chi connectivity index (χ1v) is 7.34. The van der Waals surface area contributed by atoms with Crippen LogP contribution in [0.1, 0.15) is 45.9 Å². The van der Waals surface area contributed by atoms with Gasteiger partial charge in [-0.15, -0.1) is 0 Å². The molecule has 1 aromatic heterocycles. The fraction of sp³-hybridized carbons (Fsp3) is 0.692. The number of carboxylic acids is 1. The van der Waals surface area contributed by atoms with E-state index in [9.17, 15) is 4.79 Å². The summed E-state index contributed by atoms with van der Waals surface area (Å²) < 4.78 is 2.19. The second-order valence-electron chi connectivity index (χ2n) is 4.92. The lowest BCUT2D eigenvalue weighted by atomic mass is 10.0. The standard InChI is InChI=1S/C13H22N2O2S/c1-5-11-7-14-13(18-8-12(16)17)15(11)10(4)6-9(2)3/h7,9-10H,5-6,8H2,1-4H3,(H,16,17). The van der Waals surface area contributed by atoms with Crippen molar-refractivity contribution in [3.05, 3.63) is 11.9 Å². The van der Waals surface area contributed by atoms with Gasteiger partial charge in [0.1, 0.15) is 0 Å². The monoisotopic (exact) mass is 270 g/mol. The Labute approximate surface area is 113 Å². The minimum atomic E-state index is -0.802. The molecule has 0 aliphatic heterocycles. The zero-order valence-electron chi connectivity index (χ0n) is 11.5. The van der Waals surface area contributed by atoms with Gasteiger partial charge in [-0.1, -0.05) is 32.5 Å². The highest BCUT2D eigenvalue weighted by molar-refractivity contribution is 7.99. The third kappa shape index (κ3) is 4.05. The lowest BCUT2D eigenvalue weighted by Gasteiger charge is -2.20. The highest BCUT2D eigenvalue weighted by atomic mass is 32.2. The number of aliphatic carboxylic acids is 1. The Morgan fingerprint density at radius 2 is 2.17 bits per heavy atom. The topological polar surface area (TPSA) is 55.1 Å². The van der Waals surface area contributed by atoms with Gasteiger partial charge in [0, 0.05) is 17.9 Å². The summed E-state index contributed by atoms with van der Waals surface area (Å²) >= 11 is 1.30. The van der Waals surface area contributed by atoms with Crippen molar-refractivity contribution in [1.82, 2.24) is 9.55 Å². The van der Waals surface area contributed by atoms with Crippen LogP contribution in [0.15, 0.2) is 11.4 Å². The zero-order chi connectivity index (χ0) is 13.7. The van der Waals surface area contributed by atoms with Crippen molar-refractivity contribution < 1.29 is 9.90 Å². The van der Waals surface area contributed by atoms with Crippen LogP contribution < -0.4 is 0 Å². The number of carbonyl (C=O) groups is 1. The van der Waals surface area contributed by atoms with E-state index in [1.165, 1.54) is 17.5 Å². The van der Waals surface area contributed by atoms with Gasteiger partial charge in [-0.05, 0) is 25.7 Å². The van der Waals surface area contributed by atoms with Crippen LogP contribution >= 0.6 is 11.8 Å². The molecule has 0 saturated carbocycles. The van der Waals surface area contributed by atoms with E-state index in [0.29, 0.717) is 12.0 Å². The molecule has 1 unspecified atom stereocenters. The second kappa shape index (κ2) is 6.83. The maximum Gasteiger partial charge on any atom is 0.313 e. The number of rotatable bonds is 7. The van der Waals surface area contributed by atoms with E-state index in [2.05, 4.69) is 37.2 Å². The van der Waals surface area contributed by atoms with Crippen LogP contribution in [0.4, 0.5) is 0 Å². The van der Waals surface area contributed by atoms with Crippen molar-refractivity contribution in [2.75, 3.05) is 5.75 Å². The Hall–Kier alpha value is -0.970. The molecule has 4 nitrogen and oxygen atoms in total. The Kier molecular flexibility index (Phi) is 5.72. The lowest BCUT2D eigenvalue weighted by molar-refractivity contribution is -0.133. The molecule has 1 rings (SSSR count). The first-order chi connectivity index (χ1) is 8.45. The van der Waals surface area contributed by atoms with Gasteiger partial charge in [0.25, 0.3) is 0 Å². The molecule has 0 amide bonds. The Morgan fingerprint density at radius 3 is 2.67 bits per heavy atom. The molecule has 1 heterocycles. The van der Waals surface area contributed by atoms with E-state index in [1.807, 2.05) is 6.20 Å². The van der Waals surface area contributed by atoms with Gasteiger partial charge in [-0.3, -0.25) is 4.79 Å². The van der Waals surface area contributed by atoms with Crippen molar-refractivity contribution in [1.29, 1.82) is 0 Å². The van der Waals surface area contributed by atoms with Crippen LogP contribution in [0.5, 0.6) is 0 Å². The smallest absolute Gasteiger partial charge is 0.313 e. The minimum absolute atomic E-state index is 0.0641. The van der Waals surface area contributed by atoms with Gasteiger partial charge < -0.3 is 9.67 Å². The van der Waals surface area contributed by atoms with Crippen LogP contribution in [0, 0.1) is 5.92 Å². The molecule has 0 radical (unpaired) electrons. The molecule has 0 saturated heterocycles. The van der Waals surface area contributed by atoms with Gasteiger partial charge in [0.15, 0.2) is 5.16 Å².